The minimum absolute atomic E-state index is 0.103. The highest BCUT2D eigenvalue weighted by atomic mass is 19.4. The summed E-state index contributed by atoms with van der Waals surface area (Å²) in [4.78, 5) is 21.1. The number of halogens is 3. The summed E-state index contributed by atoms with van der Waals surface area (Å²) < 4.78 is 34.9. The second-order valence-electron chi connectivity index (χ2n) is 2.96. The summed E-state index contributed by atoms with van der Waals surface area (Å²) in [6.07, 6.45) is -2.56. The van der Waals surface area contributed by atoms with Gasteiger partial charge in [-0.3, -0.25) is 20.4 Å². The average molecular weight is 226 g/mol. The number of carbonyl (C=O) groups excluding carboxylic acids is 2. The molecular weight excluding hydrogens is 213 g/mol. The number of unbranched alkanes of at least 4 members (excludes halogenated alkanes) is 2. The fourth-order valence-electron chi connectivity index (χ4n) is 0.795. The summed E-state index contributed by atoms with van der Waals surface area (Å²) in [7, 11) is 0. The second-order valence-corrected chi connectivity index (χ2v) is 2.96. The van der Waals surface area contributed by atoms with Gasteiger partial charge in [0.2, 0.25) is 5.91 Å². The van der Waals surface area contributed by atoms with Crippen LogP contribution in [0.5, 0.6) is 0 Å². The molecule has 0 unspecified atom stereocenters. The quantitative estimate of drug-likeness (QED) is 0.560. The molecule has 0 saturated carbocycles. The molecule has 15 heavy (non-hydrogen) atoms. The fraction of sp³-hybridized carbons (Fsp3) is 0.750. The van der Waals surface area contributed by atoms with Crippen molar-refractivity contribution in [1.29, 1.82) is 0 Å². The largest absolute Gasteiger partial charge is 0.472 e. The van der Waals surface area contributed by atoms with Crippen LogP contribution in [0.3, 0.4) is 0 Å². The Morgan fingerprint density at radius 3 is 2.20 bits per heavy atom. The molecule has 0 aromatic heterocycles. The number of alkyl halides is 3. The number of amides is 2. The van der Waals surface area contributed by atoms with Gasteiger partial charge < -0.3 is 0 Å². The van der Waals surface area contributed by atoms with Gasteiger partial charge in [0.05, 0.1) is 0 Å². The summed E-state index contributed by atoms with van der Waals surface area (Å²) in [5, 5.41) is 0. The van der Waals surface area contributed by atoms with Gasteiger partial charge in [0.15, 0.2) is 0 Å². The van der Waals surface area contributed by atoms with E-state index in [0.717, 1.165) is 12.8 Å². The highest BCUT2D eigenvalue weighted by Gasteiger charge is 2.38. The van der Waals surface area contributed by atoms with E-state index in [-0.39, 0.29) is 6.42 Å². The van der Waals surface area contributed by atoms with Crippen LogP contribution in [0, 0.1) is 0 Å². The molecule has 0 aliphatic rings. The number of carbonyl (C=O) groups is 2. The predicted molar refractivity (Wildman–Crippen MR) is 46.5 cm³/mol. The first-order chi connectivity index (χ1) is 6.88. The maximum Gasteiger partial charge on any atom is 0.472 e. The van der Waals surface area contributed by atoms with Crippen LogP contribution >= 0.6 is 0 Å². The third-order valence-electron chi connectivity index (χ3n) is 1.58. The van der Waals surface area contributed by atoms with Crippen molar-refractivity contribution >= 4 is 11.8 Å². The highest BCUT2D eigenvalue weighted by molar-refractivity contribution is 5.85. The van der Waals surface area contributed by atoms with Crippen molar-refractivity contribution in [3.63, 3.8) is 0 Å². The summed E-state index contributed by atoms with van der Waals surface area (Å²) >= 11 is 0. The van der Waals surface area contributed by atoms with Gasteiger partial charge in [-0.1, -0.05) is 19.8 Å². The molecule has 0 aromatic rings. The van der Waals surface area contributed by atoms with E-state index in [0.29, 0.717) is 6.42 Å². The lowest BCUT2D eigenvalue weighted by atomic mass is 10.2. The molecule has 0 rings (SSSR count). The zero-order valence-corrected chi connectivity index (χ0v) is 8.28. The number of nitrogens with one attached hydrogen (secondary N) is 2. The number of rotatable bonds is 4. The molecule has 0 heterocycles. The molecule has 4 nitrogen and oxygen atoms in total. The lowest BCUT2D eigenvalue weighted by Gasteiger charge is -2.08. The number of hydrogen-bond acceptors (Lipinski definition) is 2. The van der Waals surface area contributed by atoms with Crippen molar-refractivity contribution in [2.75, 3.05) is 0 Å². The Labute approximate surface area is 85.2 Å². The highest BCUT2D eigenvalue weighted by Crippen LogP contribution is 2.13. The maximum absolute atomic E-state index is 11.6. The monoisotopic (exact) mass is 226 g/mol. The van der Waals surface area contributed by atoms with Gasteiger partial charge in [0, 0.05) is 6.42 Å². The van der Waals surface area contributed by atoms with Crippen molar-refractivity contribution in [2.24, 2.45) is 0 Å². The molecule has 0 bridgehead atoms. The average Bonchev–Trinajstić information content (AvgIpc) is 2.13. The third kappa shape index (κ3) is 6.75. The Balaban J connectivity index is 3.67. The van der Waals surface area contributed by atoms with Crippen molar-refractivity contribution in [2.45, 2.75) is 38.8 Å². The van der Waals surface area contributed by atoms with Gasteiger partial charge >= 0.3 is 12.1 Å². The Morgan fingerprint density at radius 2 is 1.73 bits per heavy atom. The van der Waals surface area contributed by atoms with Crippen molar-refractivity contribution in [3.05, 3.63) is 0 Å². The van der Waals surface area contributed by atoms with Crippen LogP contribution in [0.2, 0.25) is 0 Å². The molecule has 0 aliphatic carbocycles. The number of hydrazine groups is 1. The molecule has 0 spiro atoms. The smallest absolute Gasteiger partial charge is 0.273 e. The maximum atomic E-state index is 11.6. The van der Waals surface area contributed by atoms with E-state index in [1.165, 1.54) is 5.43 Å². The SMILES string of the molecule is CCCCCC(=O)NNC(=O)C(F)(F)F. The number of hydrogen-bond donors (Lipinski definition) is 2. The van der Waals surface area contributed by atoms with E-state index < -0.39 is 18.0 Å². The molecular formula is C8H13F3N2O2. The lowest BCUT2D eigenvalue weighted by Crippen LogP contribution is -2.47. The molecule has 0 aliphatic heterocycles. The van der Waals surface area contributed by atoms with E-state index in [2.05, 4.69) is 0 Å². The van der Waals surface area contributed by atoms with Crippen LogP contribution in [0.4, 0.5) is 13.2 Å². The first-order valence-electron chi connectivity index (χ1n) is 4.54. The first kappa shape index (κ1) is 13.7. The van der Waals surface area contributed by atoms with Crippen LogP contribution < -0.4 is 10.9 Å². The van der Waals surface area contributed by atoms with E-state index in [1.54, 1.807) is 5.43 Å². The van der Waals surface area contributed by atoms with Gasteiger partial charge in [-0.2, -0.15) is 13.2 Å². The van der Waals surface area contributed by atoms with Crippen molar-refractivity contribution < 1.29 is 22.8 Å². The molecule has 0 aromatic carbocycles. The Bertz CT molecular complexity index is 228. The topological polar surface area (TPSA) is 58.2 Å². The summed E-state index contributed by atoms with van der Waals surface area (Å²) in [6.45, 7) is 1.93. The molecule has 88 valence electrons. The molecule has 0 saturated heterocycles. The van der Waals surface area contributed by atoms with Gasteiger partial charge in [-0.05, 0) is 6.42 Å². The van der Waals surface area contributed by atoms with Crippen LogP contribution in [-0.4, -0.2) is 18.0 Å². The summed E-state index contributed by atoms with van der Waals surface area (Å²) in [5.41, 5.74) is 2.98. The van der Waals surface area contributed by atoms with Gasteiger partial charge in [0.25, 0.3) is 0 Å². The van der Waals surface area contributed by atoms with E-state index in [9.17, 15) is 22.8 Å². The standard InChI is InChI=1S/C8H13F3N2O2/c1-2-3-4-5-6(14)12-13-7(15)8(9,10)11/h2-5H2,1H3,(H,12,14)(H,13,15). The third-order valence-corrected chi connectivity index (χ3v) is 1.58. The zero-order chi connectivity index (χ0) is 11.9. The molecule has 0 atom stereocenters. The Kier molecular flexibility index (Phi) is 5.73. The van der Waals surface area contributed by atoms with Crippen LogP contribution in [-0.2, 0) is 9.59 Å². The summed E-state index contributed by atoms with van der Waals surface area (Å²) in [6, 6.07) is 0. The van der Waals surface area contributed by atoms with E-state index in [1.807, 2.05) is 6.92 Å². The molecule has 7 heteroatoms. The fourth-order valence-corrected chi connectivity index (χ4v) is 0.795. The molecule has 2 amide bonds. The van der Waals surface area contributed by atoms with Crippen molar-refractivity contribution in [1.82, 2.24) is 10.9 Å². The minimum Gasteiger partial charge on any atom is -0.273 e. The zero-order valence-electron chi connectivity index (χ0n) is 8.28. The van der Waals surface area contributed by atoms with E-state index >= 15 is 0 Å². The predicted octanol–water partition coefficient (Wildman–Crippen LogP) is 1.28. The molecule has 2 N–H and O–H groups in total. The summed E-state index contributed by atoms with van der Waals surface area (Å²) in [5.74, 6) is -2.80. The van der Waals surface area contributed by atoms with Gasteiger partial charge in [0.1, 0.15) is 0 Å². The van der Waals surface area contributed by atoms with Crippen molar-refractivity contribution in [3.8, 4) is 0 Å². The van der Waals surface area contributed by atoms with Crippen LogP contribution in [0.1, 0.15) is 32.6 Å². The Morgan fingerprint density at radius 1 is 1.13 bits per heavy atom. The molecule has 0 radical (unpaired) electrons. The Hall–Kier alpha value is -1.27. The van der Waals surface area contributed by atoms with Crippen LogP contribution in [0.25, 0.3) is 0 Å². The lowest BCUT2D eigenvalue weighted by molar-refractivity contribution is -0.175. The molecule has 0 fully saturated rings. The second kappa shape index (κ2) is 6.26. The van der Waals surface area contributed by atoms with Gasteiger partial charge in [-0.25, -0.2) is 0 Å². The van der Waals surface area contributed by atoms with E-state index in [4.69, 9.17) is 0 Å². The minimum atomic E-state index is -4.98. The normalized spacial score (nSPS) is 10.9. The van der Waals surface area contributed by atoms with Crippen LogP contribution in [0.15, 0.2) is 0 Å². The van der Waals surface area contributed by atoms with Gasteiger partial charge in [-0.15, -0.1) is 0 Å². The first-order valence-corrected chi connectivity index (χ1v) is 4.54.